The zero-order valence-electron chi connectivity index (χ0n) is 14.0. The van der Waals surface area contributed by atoms with Crippen molar-refractivity contribution in [3.05, 3.63) is 0 Å². The molecule has 0 aromatic carbocycles. The molecule has 0 amide bonds. The van der Waals surface area contributed by atoms with Gasteiger partial charge in [-0.3, -0.25) is 0 Å². The molecule has 0 spiro atoms. The van der Waals surface area contributed by atoms with E-state index in [9.17, 15) is 40.9 Å². The number of aliphatic hydroxyl groups excluding tert-OH is 6. The average molecular weight is 467 g/mol. The summed E-state index contributed by atoms with van der Waals surface area (Å²) in [6.45, 7) is -1.57. The number of ether oxygens (including phenoxy) is 3. The minimum Gasteiger partial charge on any atom is -0.394 e. The monoisotopic (exact) mass is 466 g/mol. The molecule has 14 heteroatoms. The van der Waals surface area contributed by atoms with Gasteiger partial charge in [0.1, 0.15) is 42.7 Å². The van der Waals surface area contributed by atoms with E-state index in [1.54, 1.807) is 0 Å². The number of halogens is 1. The van der Waals surface area contributed by atoms with Gasteiger partial charge in [0.15, 0.2) is 6.29 Å². The minimum atomic E-state index is -2.95. The van der Waals surface area contributed by atoms with Gasteiger partial charge < -0.3 is 55.1 Å². The number of rotatable bonds is 6. The molecule has 160 valence electrons. The van der Waals surface area contributed by atoms with Gasteiger partial charge in [-0.15, -0.1) is 0 Å². The molecule has 2 rings (SSSR count). The number of hydrogen-bond donors (Lipinski definition) is 8. The van der Waals surface area contributed by atoms with Crippen molar-refractivity contribution in [2.75, 3.05) is 20.3 Å². The van der Waals surface area contributed by atoms with Crippen LogP contribution < -0.4 is 0 Å². The van der Waals surface area contributed by atoms with E-state index in [1.807, 2.05) is 0 Å². The fraction of sp³-hybridized carbons (Fsp3) is 1.00. The van der Waals surface area contributed by atoms with E-state index in [-0.39, 0.29) is 0 Å². The Bertz CT molecular complexity index is 493. The lowest BCUT2D eigenvalue weighted by atomic mass is 9.96. The van der Waals surface area contributed by atoms with Gasteiger partial charge in [0.05, 0.1) is 20.3 Å². The second kappa shape index (κ2) is 8.76. The van der Waals surface area contributed by atoms with Gasteiger partial charge in [-0.1, -0.05) is 0 Å². The lowest BCUT2D eigenvalue weighted by Crippen LogP contribution is -2.72. The predicted octanol–water partition coefficient (Wildman–Crippen LogP) is -4.77. The summed E-state index contributed by atoms with van der Waals surface area (Å²) in [5, 5.41) is 79.2. The molecule has 0 aromatic heterocycles. The average Bonchev–Trinajstić information content (AvgIpc) is 2.62. The third-order valence-electron chi connectivity index (χ3n) is 4.34. The lowest BCUT2D eigenvalue weighted by Gasteiger charge is -2.50. The molecule has 2 aliphatic rings. The van der Waals surface area contributed by atoms with Crippen molar-refractivity contribution in [3.8, 4) is 0 Å². The Labute approximate surface area is 161 Å². The fourth-order valence-corrected chi connectivity index (χ4v) is 3.21. The summed E-state index contributed by atoms with van der Waals surface area (Å²) in [5.41, 5.74) is 0. The Balaban J connectivity index is 2.24. The zero-order chi connectivity index (χ0) is 20.6. The Morgan fingerprint density at radius 1 is 0.963 bits per heavy atom. The van der Waals surface area contributed by atoms with Crippen LogP contribution in [0.25, 0.3) is 0 Å². The lowest BCUT2D eigenvalue weighted by molar-refractivity contribution is -0.545. The summed E-state index contributed by atoms with van der Waals surface area (Å²) in [7, 11) is 0.987. The maximum atomic E-state index is 10.4. The second-order valence-electron chi connectivity index (χ2n) is 6.09. The van der Waals surface area contributed by atoms with Gasteiger partial charge in [0.2, 0.25) is 4.51 Å². The van der Waals surface area contributed by atoms with E-state index < -0.39 is 72.7 Å². The Morgan fingerprint density at radius 3 is 2.07 bits per heavy atom. The van der Waals surface area contributed by atoms with Crippen LogP contribution in [0.15, 0.2) is 0 Å². The van der Waals surface area contributed by atoms with Crippen LogP contribution in [0.1, 0.15) is 0 Å². The normalized spacial score (nSPS) is 51.3. The third kappa shape index (κ3) is 4.15. The first-order valence-corrected chi connectivity index (χ1v) is 8.61. The van der Waals surface area contributed by atoms with Crippen molar-refractivity contribution in [3.63, 3.8) is 0 Å². The quantitative estimate of drug-likeness (QED) is 0.0800. The van der Waals surface area contributed by atoms with Crippen LogP contribution in [0.2, 0.25) is 0 Å². The molecule has 8 N–H and O–H groups in total. The first-order valence-electron chi connectivity index (χ1n) is 7.82. The van der Waals surface area contributed by atoms with Crippen LogP contribution in [-0.2, 0) is 24.0 Å². The second-order valence-corrected chi connectivity index (χ2v) is 7.30. The molecule has 27 heavy (non-hydrogen) atoms. The smallest absolute Gasteiger partial charge is 0.352 e. The van der Waals surface area contributed by atoms with E-state index in [1.165, 1.54) is 0 Å². The van der Waals surface area contributed by atoms with Crippen molar-refractivity contribution < 1.29 is 64.8 Å². The number of aliphatic hydroxyl groups is 8. The summed E-state index contributed by atoms with van der Waals surface area (Å²) in [6.07, 6.45) is -13.4. The van der Waals surface area contributed by atoms with E-state index in [4.69, 9.17) is 14.2 Å². The van der Waals surface area contributed by atoms with Crippen LogP contribution in [0.5, 0.6) is 0 Å². The van der Waals surface area contributed by atoms with Crippen LogP contribution >= 0.6 is 15.9 Å². The van der Waals surface area contributed by atoms with Gasteiger partial charge in [0.25, 0.3) is 0 Å². The Morgan fingerprint density at radius 2 is 1.56 bits per heavy atom. The highest BCUT2D eigenvalue weighted by atomic mass is 79.9. The molecule has 0 unspecified atom stereocenters. The Hall–Kier alpha value is -0.0400. The first kappa shape index (κ1) is 23.2. The number of alkyl halides is 1. The molecule has 2 aliphatic heterocycles. The fourth-order valence-electron chi connectivity index (χ4n) is 2.79. The maximum absolute atomic E-state index is 10.4. The van der Waals surface area contributed by atoms with Gasteiger partial charge in [-0.25, -0.2) is 4.89 Å². The van der Waals surface area contributed by atoms with Crippen LogP contribution in [0.4, 0.5) is 0 Å². The van der Waals surface area contributed by atoms with Crippen molar-refractivity contribution in [1.82, 2.24) is 0 Å². The highest BCUT2D eigenvalue weighted by molar-refractivity contribution is 9.10. The van der Waals surface area contributed by atoms with Gasteiger partial charge in [-0.2, -0.15) is 4.89 Å². The van der Waals surface area contributed by atoms with Crippen LogP contribution in [-0.4, -0.2) is 121 Å². The summed E-state index contributed by atoms with van der Waals surface area (Å²) in [5.74, 6) is -2.95. The highest BCUT2D eigenvalue weighted by Crippen LogP contribution is 2.43. The molecule has 10 atom stereocenters. The van der Waals surface area contributed by atoms with E-state index in [0.717, 1.165) is 7.11 Å². The summed E-state index contributed by atoms with van der Waals surface area (Å²) >= 11 is 2.64. The first-order chi connectivity index (χ1) is 12.5. The van der Waals surface area contributed by atoms with Crippen LogP contribution in [0.3, 0.4) is 0 Å². The molecule has 2 fully saturated rings. The minimum absolute atomic E-state index is 0.720. The SMILES string of the molecule is COO[C@@]1(O)O[C@H](CO)[C@@H](O[C@@H]2O[C@H](CO)[C@H](O)[C@H](O)[C@H]2O)[C@H](O)[C@]1(O)Br. The molecular formula is C13H23BrO13. The Kier molecular flexibility index (Phi) is 7.54. The van der Waals surface area contributed by atoms with Crippen molar-refractivity contribution in [2.45, 2.75) is 59.5 Å². The highest BCUT2D eigenvalue weighted by Gasteiger charge is 2.66. The van der Waals surface area contributed by atoms with Gasteiger partial charge in [-0.05, 0) is 15.9 Å². The standard InChI is InChI=1S/C13H23BrO13/c1-23-27-13(22)12(14,21)10(20)9(5(3-16)26-13)25-11-8(19)7(18)6(17)4(2-15)24-11/h4-11,15-22H,2-3H2,1H3/t4-,5-,6+,7+,8-,9-,10+,11+,12-,13+/m1/s1. The maximum Gasteiger partial charge on any atom is 0.352 e. The molecule has 0 radical (unpaired) electrons. The predicted molar refractivity (Wildman–Crippen MR) is 83.5 cm³/mol. The van der Waals surface area contributed by atoms with Gasteiger partial charge >= 0.3 is 5.97 Å². The topological polar surface area (TPSA) is 208 Å². The van der Waals surface area contributed by atoms with Crippen molar-refractivity contribution >= 4 is 15.9 Å². The summed E-state index contributed by atoms with van der Waals surface area (Å²) in [6, 6.07) is 0. The van der Waals surface area contributed by atoms with Crippen molar-refractivity contribution in [1.29, 1.82) is 0 Å². The molecular weight excluding hydrogens is 444 g/mol. The zero-order valence-corrected chi connectivity index (χ0v) is 15.6. The number of hydrogen-bond acceptors (Lipinski definition) is 13. The van der Waals surface area contributed by atoms with E-state index in [2.05, 4.69) is 25.7 Å². The molecule has 0 bridgehead atoms. The molecule has 2 saturated heterocycles. The molecule has 13 nitrogen and oxygen atoms in total. The van der Waals surface area contributed by atoms with E-state index >= 15 is 0 Å². The summed E-state index contributed by atoms with van der Waals surface area (Å²) < 4.78 is 12.8. The molecule has 2 heterocycles. The largest absolute Gasteiger partial charge is 0.394 e. The van der Waals surface area contributed by atoms with Gasteiger partial charge in [0, 0.05) is 0 Å². The third-order valence-corrected chi connectivity index (χ3v) is 5.31. The molecule has 0 aliphatic carbocycles. The van der Waals surface area contributed by atoms with Crippen molar-refractivity contribution in [2.24, 2.45) is 0 Å². The summed E-state index contributed by atoms with van der Waals surface area (Å²) in [4.78, 5) is 8.70. The van der Waals surface area contributed by atoms with Crippen LogP contribution in [0, 0.1) is 0 Å². The molecule has 0 aromatic rings. The van der Waals surface area contributed by atoms with E-state index in [0.29, 0.717) is 0 Å². The molecule has 0 saturated carbocycles.